The van der Waals surface area contributed by atoms with Crippen molar-refractivity contribution in [3.63, 3.8) is 0 Å². The fourth-order valence-electron chi connectivity index (χ4n) is 3.02. The van der Waals surface area contributed by atoms with Crippen molar-refractivity contribution in [2.24, 2.45) is 5.73 Å². The van der Waals surface area contributed by atoms with E-state index in [0.717, 1.165) is 33.3 Å². The van der Waals surface area contributed by atoms with Crippen molar-refractivity contribution in [1.82, 2.24) is 4.98 Å². The van der Waals surface area contributed by atoms with Crippen LogP contribution < -0.4 is 10.5 Å². The van der Waals surface area contributed by atoms with Gasteiger partial charge in [-0.25, -0.2) is 0 Å². The molecule has 4 heteroatoms. The standard InChI is InChI=1S/C22H18N2O2/c23-22(25)20-13-18(12-17-10-11-24-21(17)20)16-6-8-19(9-7-16)26-14-15-4-2-1-3-5-15/h1-13,24H,14H2,(H2,23,25). The molecule has 0 aliphatic rings. The Balaban J connectivity index is 1.58. The van der Waals surface area contributed by atoms with Crippen LogP contribution in [0.25, 0.3) is 22.0 Å². The van der Waals surface area contributed by atoms with E-state index in [4.69, 9.17) is 10.5 Å². The number of carbonyl (C=O) groups excluding carboxylic acids is 1. The van der Waals surface area contributed by atoms with E-state index in [9.17, 15) is 4.79 Å². The number of hydrogen-bond acceptors (Lipinski definition) is 2. The van der Waals surface area contributed by atoms with Gasteiger partial charge in [-0.05, 0) is 47.0 Å². The topological polar surface area (TPSA) is 68.1 Å². The molecule has 128 valence electrons. The molecular weight excluding hydrogens is 324 g/mol. The van der Waals surface area contributed by atoms with Gasteiger partial charge < -0.3 is 15.5 Å². The van der Waals surface area contributed by atoms with Crippen LogP contribution in [0.15, 0.2) is 79.0 Å². The number of ether oxygens (including phenoxy) is 1. The molecule has 0 saturated carbocycles. The van der Waals surface area contributed by atoms with Gasteiger partial charge in [0.2, 0.25) is 0 Å². The first-order chi connectivity index (χ1) is 12.7. The summed E-state index contributed by atoms with van der Waals surface area (Å²) in [6, 6.07) is 23.7. The van der Waals surface area contributed by atoms with E-state index in [-0.39, 0.29) is 0 Å². The number of primary amides is 1. The number of benzene rings is 3. The van der Waals surface area contributed by atoms with Crippen LogP contribution in [-0.2, 0) is 6.61 Å². The molecule has 0 aliphatic carbocycles. The van der Waals surface area contributed by atoms with Gasteiger partial charge >= 0.3 is 0 Å². The molecule has 0 spiro atoms. The molecule has 0 unspecified atom stereocenters. The summed E-state index contributed by atoms with van der Waals surface area (Å²) in [5, 5.41) is 0.959. The first-order valence-corrected chi connectivity index (χ1v) is 8.39. The highest BCUT2D eigenvalue weighted by molar-refractivity contribution is 6.06. The maximum atomic E-state index is 11.8. The molecule has 0 fully saturated rings. The quantitative estimate of drug-likeness (QED) is 0.560. The molecule has 0 radical (unpaired) electrons. The minimum Gasteiger partial charge on any atom is -0.489 e. The Morgan fingerprint density at radius 3 is 2.42 bits per heavy atom. The number of H-pyrrole nitrogens is 1. The lowest BCUT2D eigenvalue weighted by Crippen LogP contribution is -2.11. The number of hydrogen-bond donors (Lipinski definition) is 2. The second kappa shape index (κ2) is 6.76. The van der Waals surface area contributed by atoms with Gasteiger partial charge in [0, 0.05) is 11.6 Å². The number of rotatable bonds is 5. The Kier molecular flexibility index (Phi) is 4.15. The predicted octanol–water partition coefficient (Wildman–Crippen LogP) is 4.51. The maximum Gasteiger partial charge on any atom is 0.250 e. The largest absolute Gasteiger partial charge is 0.489 e. The lowest BCUT2D eigenvalue weighted by Gasteiger charge is -2.09. The van der Waals surface area contributed by atoms with E-state index in [2.05, 4.69) is 4.98 Å². The molecule has 0 atom stereocenters. The molecule has 0 saturated heterocycles. The number of aromatic amines is 1. The molecule has 1 aromatic heterocycles. The maximum absolute atomic E-state index is 11.8. The summed E-state index contributed by atoms with van der Waals surface area (Å²) in [5.41, 5.74) is 9.86. The van der Waals surface area contributed by atoms with E-state index in [1.165, 1.54) is 0 Å². The number of aromatic nitrogens is 1. The number of nitrogens with two attached hydrogens (primary N) is 1. The second-order valence-electron chi connectivity index (χ2n) is 6.13. The molecular formula is C22H18N2O2. The molecule has 4 rings (SSSR count). The Morgan fingerprint density at radius 2 is 1.69 bits per heavy atom. The number of nitrogens with one attached hydrogen (secondary N) is 1. The Hall–Kier alpha value is -3.53. The van der Waals surface area contributed by atoms with Crippen LogP contribution in [0, 0.1) is 0 Å². The van der Waals surface area contributed by atoms with Crippen molar-refractivity contribution in [1.29, 1.82) is 0 Å². The number of fused-ring (bicyclic) bond motifs is 1. The minimum absolute atomic E-state index is 0.442. The average molecular weight is 342 g/mol. The fourth-order valence-corrected chi connectivity index (χ4v) is 3.02. The van der Waals surface area contributed by atoms with Gasteiger partial charge in [0.1, 0.15) is 12.4 Å². The van der Waals surface area contributed by atoms with Crippen molar-refractivity contribution in [3.05, 3.63) is 90.1 Å². The fraction of sp³-hybridized carbons (Fsp3) is 0.0455. The Morgan fingerprint density at radius 1 is 0.923 bits per heavy atom. The number of amides is 1. The van der Waals surface area contributed by atoms with Crippen LogP contribution in [0.2, 0.25) is 0 Å². The minimum atomic E-state index is -0.442. The Labute approximate surface area is 151 Å². The second-order valence-corrected chi connectivity index (χ2v) is 6.13. The van der Waals surface area contributed by atoms with Gasteiger partial charge in [0.05, 0.1) is 11.1 Å². The first-order valence-electron chi connectivity index (χ1n) is 8.39. The van der Waals surface area contributed by atoms with Crippen molar-refractivity contribution in [2.45, 2.75) is 6.61 Å². The normalized spacial score (nSPS) is 10.8. The molecule has 0 aliphatic heterocycles. The van der Waals surface area contributed by atoms with Crippen LogP contribution in [0.4, 0.5) is 0 Å². The summed E-state index contributed by atoms with van der Waals surface area (Å²) in [6.07, 6.45) is 1.81. The van der Waals surface area contributed by atoms with Crippen molar-refractivity contribution in [3.8, 4) is 16.9 Å². The van der Waals surface area contributed by atoms with E-state index in [1.807, 2.05) is 72.8 Å². The lowest BCUT2D eigenvalue weighted by molar-refractivity contribution is 0.100. The van der Waals surface area contributed by atoms with Crippen LogP contribution in [0.5, 0.6) is 5.75 Å². The summed E-state index contributed by atoms with van der Waals surface area (Å²) >= 11 is 0. The highest BCUT2D eigenvalue weighted by Gasteiger charge is 2.11. The molecule has 1 heterocycles. The molecule has 1 amide bonds. The molecule has 3 aromatic carbocycles. The summed E-state index contributed by atoms with van der Waals surface area (Å²) in [7, 11) is 0. The van der Waals surface area contributed by atoms with E-state index in [1.54, 1.807) is 6.20 Å². The zero-order valence-electron chi connectivity index (χ0n) is 14.1. The van der Waals surface area contributed by atoms with Gasteiger partial charge in [0.25, 0.3) is 5.91 Å². The zero-order chi connectivity index (χ0) is 17.9. The van der Waals surface area contributed by atoms with Gasteiger partial charge in [-0.2, -0.15) is 0 Å². The number of carbonyl (C=O) groups is 1. The summed E-state index contributed by atoms with van der Waals surface area (Å²) in [4.78, 5) is 14.8. The van der Waals surface area contributed by atoms with Crippen molar-refractivity contribution < 1.29 is 9.53 Å². The van der Waals surface area contributed by atoms with Gasteiger partial charge in [0.15, 0.2) is 0 Å². The van der Waals surface area contributed by atoms with Crippen molar-refractivity contribution >= 4 is 16.8 Å². The van der Waals surface area contributed by atoms with E-state index < -0.39 is 5.91 Å². The lowest BCUT2D eigenvalue weighted by atomic mass is 10.00. The highest BCUT2D eigenvalue weighted by atomic mass is 16.5. The third kappa shape index (κ3) is 3.17. The van der Waals surface area contributed by atoms with Gasteiger partial charge in [-0.15, -0.1) is 0 Å². The zero-order valence-corrected chi connectivity index (χ0v) is 14.1. The molecule has 26 heavy (non-hydrogen) atoms. The summed E-state index contributed by atoms with van der Waals surface area (Å²) < 4.78 is 5.82. The molecule has 4 nitrogen and oxygen atoms in total. The van der Waals surface area contributed by atoms with Crippen molar-refractivity contribution in [2.75, 3.05) is 0 Å². The monoisotopic (exact) mass is 342 g/mol. The molecule has 0 bridgehead atoms. The average Bonchev–Trinajstić information content (AvgIpc) is 3.15. The van der Waals surface area contributed by atoms with E-state index >= 15 is 0 Å². The Bertz CT molecular complexity index is 1050. The van der Waals surface area contributed by atoms with E-state index in [0.29, 0.717) is 12.2 Å². The smallest absolute Gasteiger partial charge is 0.250 e. The van der Waals surface area contributed by atoms with Gasteiger partial charge in [-0.3, -0.25) is 4.79 Å². The molecule has 3 N–H and O–H groups in total. The van der Waals surface area contributed by atoms with Gasteiger partial charge in [-0.1, -0.05) is 42.5 Å². The van der Waals surface area contributed by atoms with Crippen LogP contribution in [0.1, 0.15) is 15.9 Å². The predicted molar refractivity (Wildman–Crippen MR) is 103 cm³/mol. The molecule has 4 aromatic rings. The summed E-state index contributed by atoms with van der Waals surface area (Å²) in [6.45, 7) is 0.529. The van der Waals surface area contributed by atoms with Crippen LogP contribution in [0.3, 0.4) is 0 Å². The third-order valence-corrected chi connectivity index (χ3v) is 4.36. The first kappa shape index (κ1) is 16.0. The SMILES string of the molecule is NC(=O)c1cc(-c2ccc(OCc3ccccc3)cc2)cc2cc[nH]c12. The third-order valence-electron chi connectivity index (χ3n) is 4.36. The van der Waals surface area contributed by atoms with Crippen LogP contribution >= 0.6 is 0 Å². The summed E-state index contributed by atoms with van der Waals surface area (Å²) in [5.74, 6) is 0.359. The van der Waals surface area contributed by atoms with Crippen LogP contribution in [-0.4, -0.2) is 10.9 Å². The highest BCUT2D eigenvalue weighted by Crippen LogP contribution is 2.28.